The van der Waals surface area contributed by atoms with Crippen LogP contribution in [0.25, 0.3) is 0 Å². The third-order valence-electron chi connectivity index (χ3n) is 3.81. The van der Waals surface area contributed by atoms with Crippen LogP contribution in [0.4, 0.5) is 0 Å². The molecule has 2 nitrogen and oxygen atoms in total. The van der Waals surface area contributed by atoms with E-state index in [1.807, 2.05) is 0 Å². The minimum atomic E-state index is 0.247. The van der Waals surface area contributed by atoms with Gasteiger partial charge in [0.15, 0.2) is 0 Å². The molecule has 0 aromatic heterocycles. The first-order chi connectivity index (χ1) is 8.29. The maximum Gasteiger partial charge on any atom is 0.0472 e. The lowest BCUT2D eigenvalue weighted by Crippen LogP contribution is -2.32. The molecule has 1 aliphatic carbocycles. The normalized spacial score (nSPS) is 17.1. The van der Waals surface area contributed by atoms with Crippen molar-refractivity contribution in [2.24, 2.45) is 11.1 Å². The summed E-state index contributed by atoms with van der Waals surface area (Å²) in [5.74, 6) is 0. The SMILES string of the molecule is CCCOCCC1(CN)Cc2ccccc2C1. The van der Waals surface area contributed by atoms with Crippen LogP contribution in [0.15, 0.2) is 24.3 Å². The van der Waals surface area contributed by atoms with E-state index >= 15 is 0 Å². The third-order valence-corrected chi connectivity index (χ3v) is 3.81. The molecule has 0 amide bonds. The first-order valence-corrected chi connectivity index (χ1v) is 6.64. The van der Waals surface area contributed by atoms with E-state index in [1.54, 1.807) is 0 Å². The summed E-state index contributed by atoms with van der Waals surface area (Å²) in [6.45, 7) is 4.62. The molecule has 0 radical (unpaired) electrons. The predicted molar refractivity (Wildman–Crippen MR) is 71.1 cm³/mol. The van der Waals surface area contributed by atoms with Gasteiger partial charge in [-0.3, -0.25) is 0 Å². The van der Waals surface area contributed by atoms with Gasteiger partial charge in [0.25, 0.3) is 0 Å². The quantitative estimate of drug-likeness (QED) is 0.766. The first-order valence-electron chi connectivity index (χ1n) is 6.64. The molecule has 2 heteroatoms. The molecule has 0 bridgehead atoms. The Bertz CT molecular complexity index is 337. The van der Waals surface area contributed by atoms with Gasteiger partial charge in [-0.15, -0.1) is 0 Å². The fraction of sp³-hybridized carbons (Fsp3) is 0.600. The number of benzene rings is 1. The fourth-order valence-corrected chi connectivity index (χ4v) is 2.73. The van der Waals surface area contributed by atoms with Crippen LogP contribution in [0, 0.1) is 5.41 Å². The van der Waals surface area contributed by atoms with Crippen molar-refractivity contribution in [3.05, 3.63) is 35.4 Å². The van der Waals surface area contributed by atoms with Crippen LogP contribution >= 0.6 is 0 Å². The molecule has 94 valence electrons. The lowest BCUT2D eigenvalue weighted by Gasteiger charge is -2.27. The number of fused-ring (bicyclic) bond motifs is 1. The highest BCUT2D eigenvalue weighted by molar-refractivity contribution is 5.34. The van der Waals surface area contributed by atoms with Crippen LogP contribution in [0.5, 0.6) is 0 Å². The second-order valence-corrected chi connectivity index (χ2v) is 5.19. The van der Waals surface area contributed by atoms with Gasteiger partial charge in [-0.2, -0.15) is 0 Å². The Morgan fingerprint density at radius 1 is 1.18 bits per heavy atom. The van der Waals surface area contributed by atoms with Gasteiger partial charge in [0.05, 0.1) is 0 Å². The van der Waals surface area contributed by atoms with E-state index in [1.165, 1.54) is 11.1 Å². The highest BCUT2D eigenvalue weighted by Crippen LogP contribution is 2.38. The maximum atomic E-state index is 6.01. The van der Waals surface area contributed by atoms with Crippen LogP contribution in [0.3, 0.4) is 0 Å². The van der Waals surface area contributed by atoms with Gasteiger partial charge in [0.2, 0.25) is 0 Å². The van der Waals surface area contributed by atoms with Gasteiger partial charge in [-0.25, -0.2) is 0 Å². The predicted octanol–water partition coefficient (Wildman–Crippen LogP) is 2.55. The molecule has 0 fully saturated rings. The molecular formula is C15H23NO. The zero-order valence-corrected chi connectivity index (χ0v) is 10.7. The molecular weight excluding hydrogens is 210 g/mol. The molecule has 0 aliphatic heterocycles. The van der Waals surface area contributed by atoms with Crippen molar-refractivity contribution in [3.63, 3.8) is 0 Å². The number of hydrogen-bond acceptors (Lipinski definition) is 2. The van der Waals surface area contributed by atoms with Gasteiger partial charge in [0.1, 0.15) is 0 Å². The summed E-state index contributed by atoms with van der Waals surface area (Å²) in [7, 11) is 0. The van der Waals surface area contributed by atoms with Crippen LogP contribution in [-0.2, 0) is 17.6 Å². The van der Waals surface area contributed by atoms with Crippen molar-refractivity contribution < 1.29 is 4.74 Å². The highest BCUT2D eigenvalue weighted by atomic mass is 16.5. The van der Waals surface area contributed by atoms with Crippen molar-refractivity contribution in [1.29, 1.82) is 0 Å². The smallest absolute Gasteiger partial charge is 0.0472 e. The fourth-order valence-electron chi connectivity index (χ4n) is 2.73. The molecule has 2 N–H and O–H groups in total. The van der Waals surface area contributed by atoms with E-state index in [0.717, 1.165) is 45.4 Å². The van der Waals surface area contributed by atoms with Gasteiger partial charge >= 0.3 is 0 Å². The summed E-state index contributed by atoms with van der Waals surface area (Å²) in [4.78, 5) is 0. The molecule has 0 heterocycles. The Morgan fingerprint density at radius 3 is 2.35 bits per heavy atom. The maximum absolute atomic E-state index is 6.01. The second-order valence-electron chi connectivity index (χ2n) is 5.19. The molecule has 2 rings (SSSR count). The summed E-state index contributed by atoms with van der Waals surface area (Å²) in [5, 5.41) is 0. The largest absolute Gasteiger partial charge is 0.381 e. The Labute approximate surface area is 104 Å². The lowest BCUT2D eigenvalue weighted by atomic mass is 9.82. The van der Waals surface area contributed by atoms with E-state index in [4.69, 9.17) is 10.5 Å². The van der Waals surface area contributed by atoms with E-state index in [2.05, 4.69) is 31.2 Å². The summed E-state index contributed by atoms with van der Waals surface area (Å²) >= 11 is 0. The van der Waals surface area contributed by atoms with E-state index in [9.17, 15) is 0 Å². The Hall–Kier alpha value is -0.860. The standard InChI is InChI=1S/C15H23NO/c1-2-8-17-9-7-15(12-16)10-13-5-3-4-6-14(13)11-15/h3-6H,2,7-12,16H2,1H3. The number of nitrogens with two attached hydrogens (primary N) is 1. The average molecular weight is 233 g/mol. The minimum absolute atomic E-state index is 0.247. The lowest BCUT2D eigenvalue weighted by molar-refractivity contribution is 0.0986. The monoisotopic (exact) mass is 233 g/mol. The molecule has 17 heavy (non-hydrogen) atoms. The van der Waals surface area contributed by atoms with Crippen LogP contribution in [0.2, 0.25) is 0 Å². The summed E-state index contributed by atoms with van der Waals surface area (Å²) in [6, 6.07) is 8.72. The summed E-state index contributed by atoms with van der Waals surface area (Å²) in [6.07, 6.45) is 4.42. The Balaban J connectivity index is 1.95. The molecule has 0 saturated carbocycles. The van der Waals surface area contributed by atoms with Crippen molar-refractivity contribution in [2.75, 3.05) is 19.8 Å². The summed E-state index contributed by atoms with van der Waals surface area (Å²) in [5.41, 5.74) is 9.21. The Morgan fingerprint density at radius 2 is 1.82 bits per heavy atom. The zero-order chi connectivity index (χ0) is 12.1. The Kier molecular flexibility index (Phi) is 4.19. The molecule has 0 spiro atoms. The molecule has 0 atom stereocenters. The van der Waals surface area contributed by atoms with Crippen LogP contribution in [0.1, 0.15) is 30.9 Å². The first kappa shape index (κ1) is 12.6. The number of rotatable bonds is 6. The van der Waals surface area contributed by atoms with Crippen LogP contribution in [-0.4, -0.2) is 19.8 Å². The topological polar surface area (TPSA) is 35.2 Å². The molecule has 1 aliphatic rings. The van der Waals surface area contributed by atoms with Crippen molar-refractivity contribution >= 4 is 0 Å². The van der Waals surface area contributed by atoms with Gasteiger partial charge in [-0.05, 0) is 48.8 Å². The van der Waals surface area contributed by atoms with Crippen molar-refractivity contribution in [2.45, 2.75) is 32.6 Å². The zero-order valence-electron chi connectivity index (χ0n) is 10.7. The third kappa shape index (κ3) is 2.88. The number of hydrogen-bond donors (Lipinski definition) is 1. The van der Waals surface area contributed by atoms with Crippen molar-refractivity contribution in [1.82, 2.24) is 0 Å². The van der Waals surface area contributed by atoms with Gasteiger partial charge in [-0.1, -0.05) is 31.2 Å². The minimum Gasteiger partial charge on any atom is -0.381 e. The van der Waals surface area contributed by atoms with Gasteiger partial charge < -0.3 is 10.5 Å². The van der Waals surface area contributed by atoms with Crippen LogP contribution < -0.4 is 5.73 Å². The number of ether oxygens (including phenoxy) is 1. The molecule has 0 unspecified atom stereocenters. The molecule has 1 aromatic rings. The molecule has 1 aromatic carbocycles. The van der Waals surface area contributed by atoms with E-state index < -0.39 is 0 Å². The second kappa shape index (κ2) is 5.65. The van der Waals surface area contributed by atoms with Gasteiger partial charge in [0, 0.05) is 13.2 Å². The highest BCUT2D eigenvalue weighted by Gasteiger charge is 2.35. The average Bonchev–Trinajstić information content (AvgIpc) is 2.74. The molecule has 0 saturated heterocycles. The van der Waals surface area contributed by atoms with Crippen molar-refractivity contribution in [3.8, 4) is 0 Å². The summed E-state index contributed by atoms with van der Waals surface area (Å²) < 4.78 is 5.61. The van der Waals surface area contributed by atoms with E-state index in [-0.39, 0.29) is 5.41 Å². The van der Waals surface area contributed by atoms with E-state index in [0.29, 0.717) is 0 Å².